The van der Waals surface area contributed by atoms with E-state index in [2.05, 4.69) is 4.98 Å². The predicted molar refractivity (Wildman–Crippen MR) is 97.9 cm³/mol. The summed E-state index contributed by atoms with van der Waals surface area (Å²) in [4.78, 5) is 16.2. The van der Waals surface area contributed by atoms with Gasteiger partial charge in [0.05, 0.1) is 11.1 Å². The van der Waals surface area contributed by atoms with E-state index >= 15 is 0 Å². The summed E-state index contributed by atoms with van der Waals surface area (Å²) in [5.41, 5.74) is 3.68. The first-order valence-electron chi connectivity index (χ1n) is 8.37. The number of hydrogen-bond acceptors (Lipinski definition) is 4. The van der Waals surface area contributed by atoms with Gasteiger partial charge >= 0.3 is 5.97 Å². The maximum Gasteiger partial charge on any atom is 0.312 e. The molecule has 0 aliphatic rings. The minimum atomic E-state index is -0.309. The Labute approximate surface area is 147 Å². The van der Waals surface area contributed by atoms with Crippen LogP contribution in [0.3, 0.4) is 0 Å². The molecule has 25 heavy (non-hydrogen) atoms. The lowest BCUT2D eigenvalue weighted by Crippen LogP contribution is -2.09. The van der Waals surface area contributed by atoms with Crippen LogP contribution in [0.15, 0.2) is 48.5 Å². The first kappa shape index (κ1) is 17.0. The molecule has 0 aliphatic carbocycles. The van der Waals surface area contributed by atoms with E-state index in [0.717, 1.165) is 27.6 Å². The third-order valence-electron chi connectivity index (χ3n) is 4.01. The maximum atomic E-state index is 11.7. The molecule has 1 aromatic heterocycles. The van der Waals surface area contributed by atoms with Crippen molar-refractivity contribution in [3.8, 4) is 11.6 Å². The van der Waals surface area contributed by atoms with Gasteiger partial charge in [-0.05, 0) is 31.5 Å². The second-order valence-electron chi connectivity index (χ2n) is 5.99. The molecule has 0 spiro atoms. The summed E-state index contributed by atoms with van der Waals surface area (Å²) < 4.78 is 11.5. The predicted octanol–water partition coefficient (Wildman–Crippen LogP) is 4.75. The van der Waals surface area contributed by atoms with Gasteiger partial charge in [-0.3, -0.25) is 4.79 Å². The molecule has 4 heteroatoms. The van der Waals surface area contributed by atoms with Gasteiger partial charge in [0.2, 0.25) is 5.88 Å². The maximum absolute atomic E-state index is 11.7. The average molecular weight is 335 g/mol. The van der Waals surface area contributed by atoms with Crippen molar-refractivity contribution in [2.45, 2.75) is 33.8 Å². The van der Waals surface area contributed by atoms with Crippen molar-refractivity contribution in [2.24, 2.45) is 0 Å². The largest absolute Gasteiger partial charge is 0.488 e. The fraction of sp³-hybridized carbons (Fsp3) is 0.238. The molecule has 0 saturated carbocycles. The highest BCUT2D eigenvalue weighted by molar-refractivity contribution is 5.88. The van der Waals surface area contributed by atoms with Crippen molar-refractivity contribution in [3.05, 3.63) is 65.2 Å². The van der Waals surface area contributed by atoms with Crippen molar-refractivity contribution in [2.75, 3.05) is 0 Å². The number of nitrogens with zero attached hydrogens (tertiary/aromatic N) is 1. The number of rotatable bonds is 5. The Kier molecular flexibility index (Phi) is 4.98. The van der Waals surface area contributed by atoms with E-state index in [1.165, 1.54) is 0 Å². The lowest BCUT2D eigenvalue weighted by atomic mass is 10.1. The number of ether oxygens (including phenoxy) is 2. The third kappa shape index (κ3) is 3.79. The van der Waals surface area contributed by atoms with E-state index in [0.29, 0.717) is 24.7 Å². The molecule has 0 radical (unpaired) electrons. The monoisotopic (exact) mass is 335 g/mol. The van der Waals surface area contributed by atoms with Gasteiger partial charge in [-0.15, -0.1) is 0 Å². The van der Waals surface area contributed by atoms with E-state index in [1.807, 2.05) is 62.4 Å². The van der Waals surface area contributed by atoms with E-state index in [4.69, 9.17) is 9.47 Å². The lowest BCUT2D eigenvalue weighted by molar-refractivity contribution is -0.134. The van der Waals surface area contributed by atoms with Crippen molar-refractivity contribution < 1.29 is 14.3 Å². The van der Waals surface area contributed by atoms with Crippen molar-refractivity contribution in [1.29, 1.82) is 0 Å². The fourth-order valence-electron chi connectivity index (χ4n) is 2.62. The molecule has 0 aliphatic heterocycles. The quantitative estimate of drug-likeness (QED) is 0.632. The SMILES string of the molecule is CCC(=O)Oc1nc2ccc(C)cc2c(OCc2ccccc2)c1C. The van der Waals surface area contributed by atoms with E-state index < -0.39 is 0 Å². The summed E-state index contributed by atoms with van der Waals surface area (Å²) in [6, 6.07) is 15.9. The number of pyridine rings is 1. The van der Waals surface area contributed by atoms with Crippen molar-refractivity contribution >= 4 is 16.9 Å². The molecule has 0 amide bonds. The number of aryl methyl sites for hydroxylation is 1. The van der Waals surface area contributed by atoms with Gasteiger partial charge in [-0.1, -0.05) is 48.9 Å². The van der Waals surface area contributed by atoms with Gasteiger partial charge in [0, 0.05) is 11.8 Å². The van der Waals surface area contributed by atoms with E-state index in [1.54, 1.807) is 6.92 Å². The fourth-order valence-corrected chi connectivity index (χ4v) is 2.62. The first-order valence-corrected chi connectivity index (χ1v) is 8.37. The highest BCUT2D eigenvalue weighted by Gasteiger charge is 2.16. The van der Waals surface area contributed by atoms with Crippen LogP contribution in [0.4, 0.5) is 0 Å². The van der Waals surface area contributed by atoms with Crippen LogP contribution in [0.5, 0.6) is 11.6 Å². The average Bonchev–Trinajstić information content (AvgIpc) is 2.63. The van der Waals surface area contributed by atoms with Gasteiger partial charge < -0.3 is 9.47 Å². The van der Waals surface area contributed by atoms with Crippen molar-refractivity contribution in [3.63, 3.8) is 0 Å². The number of esters is 1. The Morgan fingerprint density at radius 2 is 1.84 bits per heavy atom. The van der Waals surface area contributed by atoms with Gasteiger partial charge in [0.1, 0.15) is 12.4 Å². The van der Waals surface area contributed by atoms with Crippen molar-refractivity contribution in [1.82, 2.24) is 4.98 Å². The molecule has 128 valence electrons. The van der Waals surface area contributed by atoms with Gasteiger partial charge in [-0.25, -0.2) is 4.98 Å². The lowest BCUT2D eigenvalue weighted by Gasteiger charge is -2.15. The zero-order valence-electron chi connectivity index (χ0n) is 14.7. The summed E-state index contributed by atoms with van der Waals surface area (Å²) in [6.45, 7) is 6.10. The summed E-state index contributed by atoms with van der Waals surface area (Å²) in [7, 11) is 0. The van der Waals surface area contributed by atoms with Crippen LogP contribution in [0.2, 0.25) is 0 Å². The highest BCUT2D eigenvalue weighted by Crippen LogP contribution is 2.35. The number of aromatic nitrogens is 1. The zero-order valence-corrected chi connectivity index (χ0v) is 14.7. The molecule has 4 nitrogen and oxygen atoms in total. The molecule has 2 aromatic carbocycles. The normalized spacial score (nSPS) is 10.7. The van der Waals surface area contributed by atoms with Crippen LogP contribution in [0.1, 0.15) is 30.0 Å². The number of fused-ring (bicyclic) bond motifs is 1. The number of benzene rings is 2. The van der Waals surface area contributed by atoms with Crippen LogP contribution >= 0.6 is 0 Å². The van der Waals surface area contributed by atoms with Gasteiger partial charge in [0.25, 0.3) is 0 Å². The van der Waals surface area contributed by atoms with E-state index in [9.17, 15) is 4.79 Å². The summed E-state index contributed by atoms with van der Waals surface area (Å²) in [5, 5.41) is 0.921. The van der Waals surface area contributed by atoms with Crippen LogP contribution in [-0.2, 0) is 11.4 Å². The minimum absolute atomic E-state index is 0.299. The van der Waals surface area contributed by atoms with Crippen LogP contribution < -0.4 is 9.47 Å². The number of hydrogen-bond donors (Lipinski definition) is 0. The molecule has 0 saturated heterocycles. The molecule has 0 atom stereocenters. The topological polar surface area (TPSA) is 48.4 Å². The number of carbonyl (C=O) groups is 1. The Bertz CT molecular complexity index is 904. The third-order valence-corrected chi connectivity index (χ3v) is 4.01. The first-order chi connectivity index (χ1) is 12.1. The molecule has 1 heterocycles. The molecule has 0 unspecified atom stereocenters. The highest BCUT2D eigenvalue weighted by atomic mass is 16.5. The second kappa shape index (κ2) is 7.34. The molecular formula is C21H21NO3. The second-order valence-corrected chi connectivity index (χ2v) is 5.99. The standard InChI is InChI=1S/C21H21NO3/c1-4-19(23)25-21-15(3)20(24-13-16-8-6-5-7-9-16)17-12-14(2)10-11-18(17)22-21/h5-12H,4,13H2,1-3H3. The molecule has 3 aromatic rings. The van der Waals surface area contributed by atoms with E-state index in [-0.39, 0.29) is 5.97 Å². The molecule has 0 fully saturated rings. The Hall–Kier alpha value is -2.88. The summed E-state index contributed by atoms with van der Waals surface area (Å²) in [6.07, 6.45) is 0.299. The zero-order chi connectivity index (χ0) is 17.8. The number of carbonyl (C=O) groups excluding carboxylic acids is 1. The van der Waals surface area contributed by atoms with Crippen LogP contribution in [0, 0.1) is 13.8 Å². The van der Waals surface area contributed by atoms with Crippen LogP contribution in [0.25, 0.3) is 10.9 Å². The summed E-state index contributed by atoms with van der Waals surface area (Å²) in [5.74, 6) is 0.707. The molecule has 0 bridgehead atoms. The van der Waals surface area contributed by atoms with Crippen LogP contribution in [-0.4, -0.2) is 11.0 Å². The minimum Gasteiger partial charge on any atom is -0.488 e. The Morgan fingerprint density at radius 1 is 1.08 bits per heavy atom. The van der Waals surface area contributed by atoms with Gasteiger partial charge in [-0.2, -0.15) is 0 Å². The smallest absolute Gasteiger partial charge is 0.312 e. The van der Waals surface area contributed by atoms with Gasteiger partial charge in [0.15, 0.2) is 0 Å². The molecule has 3 rings (SSSR count). The molecule has 0 N–H and O–H groups in total. The Balaban J connectivity index is 2.04. The summed E-state index contributed by atoms with van der Waals surface area (Å²) >= 11 is 0. The molecular weight excluding hydrogens is 314 g/mol. The Morgan fingerprint density at radius 3 is 2.56 bits per heavy atom.